The maximum Gasteiger partial charge on any atom is 0.191 e. The van der Waals surface area contributed by atoms with Gasteiger partial charge in [-0.05, 0) is 47.1 Å². The van der Waals surface area contributed by atoms with E-state index in [1.165, 1.54) is 5.56 Å². The van der Waals surface area contributed by atoms with Crippen LogP contribution in [-0.4, -0.2) is 54.2 Å². The number of hydrogen-bond donors (Lipinski definition) is 3. The lowest BCUT2D eigenvalue weighted by molar-refractivity contribution is 0.178. The Morgan fingerprint density at radius 2 is 1.68 bits per heavy atom. The predicted molar refractivity (Wildman–Crippen MR) is 107 cm³/mol. The van der Waals surface area contributed by atoms with Crippen molar-refractivity contribution in [3.8, 4) is 0 Å². The maximum atomic E-state index is 10.3. The van der Waals surface area contributed by atoms with Crippen LogP contribution in [0.2, 0.25) is 0 Å². The van der Waals surface area contributed by atoms with Crippen molar-refractivity contribution >= 4 is 5.96 Å². The van der Waals surface area contributed by atoms with E-state index < -0.39 is 6.10 Å². The zero-order valence-corrected chi connectivity index (χ0v) is 16.7. The van der Waals surface area contributed by atoms with Gasteiger partial charge < -0.3 is 15.7 Å². The molecule has 0 aromatic heterocycles. The normalized spacial score (nSPS) is 13.6. The van der Waals surface area contributed by atoms with Gasteiger partial charge in [-0.2, -0.15) is 0 Å². The largest absolute Gasteiger partial charge is 0.386 e. The van der Waals surface area contributed by atoms with Crippen molar-refractivity contribution in [3.05, 3.63) is 35.4 Å². The lowest BCUT2D eigenvalue weighted by Crippen LogP contribution is -2.45. The van der Waals surface area contributed by atoms with Gasteiger partial charge in [0.15, 0.2) is 5.96 Å². The molecule has 1 atom stereocenters. The van der Waals surface area contributed by atoms with E-state index in [0.717, 1.165) is 31.2 Å². The molecule has 1 rings (SSSR count). The van der Waals surface area contributed by atoms with E-state index in [1.54, 1.807) is 0 Å². The molecule has 1 aromatic rings. The first-order chi connectivity index (χ1) is 11.8. The fraction of sp³-hybridized carbons (Fsp3) is 0.650. The van der Waals surface area contributed by atoms with Crippen molar-refractivity contribution < 1.29 is 5.11 Å². The SMILES string of the molecule is CCNC(=NCC(O)c1ccc(C)cc1)NCCN(C(C)C)C(C)C. The Hall–Kier alpha value is -1.59. The summed E-state index contributed by atoms with van der Waals surface area (Å²) in [5, 5.41) is 16.9. The van der Waals surface area contributed by atoms with Crippen molar-refractivity contribution in [3.63, 3.8) is 0 Å². The molecule has 0 aliphatic heterocycles. The van der Waals surface area contributed by atoms with E-state index >= 15 is 0 Å². The third-order valence-electron chi connectivity index (χ3n) is 4.22. The van der Waals surface area contributed by atoms with Crippen molar-refractivity contribution in [2.24, 2.45) is 4.99 Å². The van der Waals surface area contributed by atoms with E-state index in [-0.39, 0.29) is 0 Å². The third kappa shape index (κ3) is 7.88. The molecule has 0 radical (unpaired) electrons. The second kappa shape index (κ2) is 11.1. The minimum absolute atomic E-state index is 0.344. The number of aliphatic hydroxyl groups excluding tert-OH is 1. The van der Waals surface area contributed by atoms with Crippen LogP contribution in [0.1, 0.15) is 51.8 Å². The molecule has 5 heteroatoms. The summed E-state index contributed by atoms with van der Waals surface area (Å²) < 4.78 is 0. The highest BCUT2D eigenvalue weighted by atomic mass is 16.3. The smallest absolute Gasteiger partial charge is 0.191 e. The molecule has 0 fully saturated rings. The summed E-state index contributed by atoms with van der Waals surface area (Å²) in [5.41, 5.74) is 2.09. The van der Waals surface area contributed by atoms with Gasteiger partial charge >= 0.3 is 0 Å². The second-order valence-corrected chi connectivity index (χ2v) is 7.00. The lowest BCUT2D eigenvalue weighted by atomic mass is 10.1. The number of hydrogen-bond acceptors (Lipinski definition) is 3. The van der Waals surface area contributed by atoms with Crippen LogP contribution in [0.15, 0.2) is 29.3 Å². The molecule has 0 saturated carbocycles. The van der Waals surface area contributed by atoms with Crippen LogP contribution in [0.25, 0.3) is 0 Å². The Labute approximate surface area is 153 Å². The average molecular weight is 349 g/mol. The number of benzene rings is 1. The fourth-order valence-corrected chi connectivity index (χ4v) is 2.83. The van der Waals surface area contributed by atoms with E-state index in [2.05, 4.69) is 48.2 Å². The monoisotopic (exact) mass is 348 g/mol. The van der Waals surface area contributed by atoms with Gasteiger partial charge in [-0.1, -0.05) is 29.8 Å². The van der Waals surface area contributed by atoms with Crippen LogP contribution in [0.4, 0.5) is 0 Å². The van der Waals surface area contributed by atoms with Crippen LogP contribution in [-0.2, 0) is 0 Å². The average Bonchev–Trinajstić information content (AvgIpc) is 2.56. The molecule has 0 saturated heterocycles. The van der Waals surface area contributed by atoms with Crippen LogP contribution in [0.5, 0.6) is 0 Å². The number of nitrogens with zero attached hydrogens (tertiary/aromatic N) is 2. The summed E-state index contributed by atoms with van der Waals surface area (Å²) in [7, 11) is 0. The Kier molecular flexibility index (Phi) is 9.53. The number of aliphatic imine (C=N–C) groups is 1. The molecule has 0 aliphatic rings. The molecule has 0 heterocycles. The summed E-state index contributed by atoms with van der Waals surface area (Å²) in [6, 6.07) is 8.98. The first-order valence-electron chi connectivity index (χ1n) is 9.37. The van der Waals surface area contributed by atoms with Crippen LogP contribution >= 0.6 is 0 Å². The Morgan fingerprint density at radius 1 is 1.08 bits per heavy atom. The number of nitrogens with one attached hydrogen (secondary N) is 2. The van der Waals surface area contributed by atoms with Gasteiger partial charge in [0.1, 0.15) is 0 Å². The summed E-state index contributed by atoms with van der Waals surface area (Å²) in [4.78, 5) is 6.97. The molecule has 0 aliphatic carbocycles. The standard InChI is InChI=1S/C20H36N4O/c1-7-21-20(22-12-13-24(15(2)3)16(4)5)23-14-19(25)18-10-8-17(6)9-11-18/h8-11,15-16,19,25H,7,12-14H2,1-6H3,(H2,21,22,23). The summed E-state index contributed by atoms with van der Waals surface area (Å²) in [5.74, 6) is 0.751. The Bertz CT molecular complexity index is 503. The molecule has 25 heavy (non-hydrogen) atoms. The molecule has 1 aromatic carbocycles. The minimum atomic E-state index is -0.584. The zero-order chi connectivity index (χ0) is 18.8. The van der Waals surface area contributed by atoms with Gasteiger partial charge in [-0.3, -0.25) is 9.89 Å². The van der Waals surface area contributed by atoms with Crippen LogP contribution < -0.4 is 10.6 Å². The van der Waals surface area contributed by atoms with Gasteiger partial charge in [0.05, 0.1) is 12.6 Å². The number of aliphatic hydroxyl groups is 1. The molecule has 142 valence electrons. The zero-order valence-electron chi connectivity index (χ0n) is 16.7. The molecule has 3 N–H and O–H groups in total. The second-order valence-electron chi connectivity index (χ2n) is 7.00. The molecular formula is C20H36N4O. The minimum Gasteiger partial charge on any atom is -0.386 e. The predicted octanol–water partition coefficient (Wildman–Crippen LogP) is 2.70. The van der Waals surface area contributed by atoms with Gasteiger partial charge in [-0.25, -0.2) is 0 Å². The topological polar surface area (TPSA) is 59.9 Å². The molecular weight excluding hydrogens is 312 g/mol. The molecule has 0 spiro atoms. The van der Waals surface area contributed by atoms with E-state index in [1.807, 2.05) is 38.1 Å². The fourth-order valence-electron chi connectivity index (χ4n) is 2.83. The van der Waals surface area contributed by atoms with Gasteiger partial charge in [0.2, 0.25) is 0 Å². The van der Waals surface area contributed by atoms with Gasteiger partial charge in [0.25, 0.3) is 0 Å². The van der Waals surface area contributed by atoms with Gasteiger partial charge in [0, 0.05) is 31.7 Å². The maximum absolute atomic E-state index is 10.3. The van der Waals surface area contributed by atoms with Gasteiger partial charge in [-0.15, -0.1) is 0 Å². The number of guanidine groups is 1. The van der Waals surface area contributed by atoms with Crippen molar-refractivity contribution in [2.75, 3.05) is 26.2 Å². The third-order valence-corrected chi connectivity index (χ3v) is 4.22. The molecule has 1 unspecified atom stereocenters. The molecule has 5 nitrogen and oxygen atoms in total. The van der Waals surface area contributed by atoms with Crippen LogP contribution in [0.3, 0.4) is 0 Å². The van der Waals surface area contributed by atoms with Crippen molar-refractivity contribution in [1.29, 1.82) is 0 Å². The number of rotatable bonds is 9. The lowest BCUT2D eigenvalue weighted by Gasteiger charge is -2.30. The van der Waals surface area contributed by atoms with E-state index in [0.29, 0.717) is 18.6 Å². The molecule has 0 amide bonds. The highest BCUT2D eigenvalue weighted by molar-refractivity contribution is 5.79. The van der Waals surface area contributed by atoms with E-state index in [4.69, 9.17) is 0 Å². The first kappa shape index (κ1) is 21.5. The van der Waals surface area contributed by atoms with Crippen molar-refractivity contribution in [1.82, 2.24) is 15.5 Å². The first-order valence-corrected chi connectivity index (χ1v) is 9.37. The summed E-state index contributed by atoms with van der Waals surface area (Å²) in [6.45, 7) is 15.9. The Balaban J connectivity index is 2.57. The highest BCUT2D eigenvalue weighted by Gasteiger charge is 2.13. The summed E-state index contributed by atoms with van der Waals surface area (Å²) in [6.07, 6.45) is -0.584. The summed E-state index contributed by atoms with van der Waals surface area (Å²) >= 11 is 0. The van der Waals surface area contributed by atoms with Crippen LogP contribution in [0, 0.1) is 6.92 Å². The van der Waals surface area contributed by atoms with E-state index in [9.17, 15) is 5.11 Å². The molecule has 0 bridgehead atoms. The highest BCUT2D eigenvalue weighted by Crippen LogP contribution is 2.13. The Morgan fingerprint density at radius 3 is 2.20 bits per heavy atom. The van der Waals surface area contributed by atoms with Crippen molar-refractivity contribution in [2.45, 2.75) is 59.7 Å². The number of aryl methyl sites for hydroxylation is 1. The quantitative estimate of drug-likeness (QED) is 0.474.